The molecule has 0 aliphatic heterocycles. The number of fused-ring (bicyclic) bond motifs is 1. The molecule has 142 valence electrons. The van der Waals surface area contributed by atoms with Crippen LogP contribution in [0.4, 0.5) is 0 Å². The van der Waals surface area contributed by atoms with Gasteiger partial charge in [0.25, 0.3) is 0 Å². The molecule has 2 heterocycles. The minimum Gasteiger partial charge on any atom is -0.347 e. The molecule has 6 heteroatoms. The first-order valence-electron chi connectivity index (χ1n) is 9.18. The maximum atomic E-state index is 12.7. The Kier molecular flexibility index (Phi) is 5.17. The van der Waals surface area contributed by atoms with Crippen molar-refractivity contribution < 1.29 is 4.79 Å². The molecule has 28 heavy (non-hydrogen) atoms. The number of benzene rings is 2. The van der Waals surface area contributed by atoms with E-state index in [0.717, 1.165) is 16.9 Å². The Bertz CT molecular complexity index is 1100. The third-order valence-electron chi connectivity index (χ3n) is 4.89. The number of amides is 1. The second kappa shape index (κ2) is 7.90. The fraction of sp³-hybridized carbons (Fsp3) is 0.182. The van der Waals surface area contributed by atoms with E-state index in [9.17, 15) is 4.79 Å². The molecule has 0 aliphatic rings. The van der Waals surface area contributed by atoms with E-state index in [1.54, 1.807) is 6.20 Å². The molecule has 0 saturated carbocycles. The van der Waals surface area contributed by atoms with Crippen LogP contribution < -0.4 is 5.32 Å². The molecule has 5 nitrogen and oxygen atoms in total. The molecular formula is C22H21ClN4O. The van der Waals surface area contributed by atoms with E-state index in [-0.39, 0.29) is 11.9 Å². The van der Waals surface area contributed by atoms with Gasteiger partial charge in [-0.3, -0.25) is 4.79 Å². The van der Waals surface area contributed by atoms with Gasteiger partial charge in [-0.15, -0.1) is 0 Å². The molecule has 0 aliphatic carbocycles. The quantitative estimate of drug-likeness (QED) is 0.531. The molecular weight excluding hydrogens is 372 g/mol. The van der Waals surface area contributed by atoms with Crippen LogP contribution in [0.3, 0.4) is 0 Å². The number of hydrogen-bond acceptors (Lipinski definition) is 2. The summed E-state index contributed by atoms with van der Waals surface area (Å²) in [6.07, 6.45) is 6.01. The Morgan fingerprint density at radius 2 is 1.89 bits per heavy atom. The predicted octanol–water partition coefficient (Wildman–Crippen LogP) is 4.32. The van der Waals surface area contributed by atoms with E-state index in [4.69, 9.17) is 11.6 Å². The number of imidazole rings is 1. The maximum Gasteiger partial charge on any atom is 0.222 e. The van der Waals surface area contributed by atoms with E-state index in [1.807, 2.05) is 60.4 Å². The fourth-order valence-corrected chi connectivity index (χ4v) is 3.52. The number of rotatable bonds is 6. The summed E-state index contributed by atoms with van der Waals surface area (Å²) in [6.45, 7) is 0.618. The van der Waals surface area contributed by atoms with Crippen molar-refractivity contribution in [1.82, 2.24) is 19.4 Å². The standard InChI is InChI=1S/C22H21ClN4O/c1-26-15-12-24-22(26)21(17-6-8-18(23)9-7-17)25-20(28)11-14-27-13-10-16-4-2-3-5-19(16)27/h2-10,12-13,15,21H,11,14H2,1H3,(H,25,28)/t21-/m1/s1. The maximum absolute atomic E-state index is 12.7. The average molecular weight is 393 g/mol. The first-order valence-corrected chi connectivity index (χ1v) is 9.55. The fourth-order valence-electron chi connectivity index (χ4n) is 3.40. The molecule has 0 spiro atoms. The van der Waals surface area contributed by atoms with Gasteiger partial charge in [-0.1, -0.05) is 41.9 Å². The van der Waals surface area contributed by atoms with Gasteiger partial charge in [0.15, 0.2) is 0 Å². The van der Waals surface area contributed by atoms with Crippen molar-refractivity contribution >= 4 is 28.4 Å². The van der Waals surface area contributed by atoms with Gasteiger partial charge in [-0.05, 0) is 35.2 Å². The van der Waals surface area contributed by atoms with Crippen molar-refractivity contribution in [3.63, 3.8) is 0 Å². The number of hydrogen-bond donors (Lipinski definition) is 1. The van der Waals surface area contributed by atoms with Crippen LogP contribution in [0.15, 0.2) is 73.2 Å². The number of carbonyl (C=O) groups excluding carboxylic acids is 1. The van der Waals surface area contributed by atoms with Gasteiger partial charge in [0.2, 0.25) is 5.91 Å². The summed E-state index contributed by atoms with van der Waals surface area (Å²) in [5, 5.41) is 4.96. The largest absolute Gasteiger partial charge is 0.347 e. The van der Waals surface area contributed by atoms with E-state index < -0.39 is 0 Å². The number of nitrogens with one attached hydrogen (secondary N) is 1. The predicted molar refractivity (Wildman–Crippen MR) is 111 cm³/mol. The molecule has 2 aromatic heterocycles. The van der Waals surface area contributed by atoms with Crippen LogP contribution in [-0.2, 0) is 18.4 Å². The molecule has 0 bridgehead atoms. The summed E-state index contributed by atoms with van der Waals surface area (Å²) in [7, 11) is 1.92. The first-order chi connectivity index (χ1) is 13.6. The SMILES string of the molecule is Cn1ccnc1[C@H](NC(=O)CCn1ccc2ccccc21)c1ccc(Cl)cc1. The number of aryl methyl sites for hydroxylation is 2. The number of carbonyl (C=O) groups is 1. The lowest BCUT2D eigenvalue weighted by atomic mass is 10.1. The van der Waals surface area contributed by atoms with Crippen molar-refractivity contribution in [2.75, 3.05) is 0 Å². The van der Waals surface area contributed by atoms with Gasteiger partial charge >= 0.3 is 0 Å². The van der Waals surface area contributed by atoms with Crippen LogP contribution in [0.5, 0.6) is 0 Å². The van der Waals surface area contributed by atoms with Crippen molar-refractivity contribution in [3.05, 3.63) is 89.6 Å². The van der Waals surface area contributed by atoms with Crippen molar-refractivity contribution in [2.45, 2.75) is 19.0 Å². The zero-order valence-electron chi connectivity index (χ0n) is 15.5. The second-order valence-electron chi connectivity index (χ2n) is 6.77. The lowest BCUT2D eigenvalue weighted by molar-refractivity contribution is -0.121. The van der Waals surface area contributed by atoms with Crippen molar-refractivity contribution in [1.29, 1.82) is 0 Å². The summed E-state index contributed by atoms with van der Waals surface area (Å²) in [4.78, 5) is 17.2. The van der Waals surface area contributed by atoms with Crippen LogP contribution in [-0.4, -0.2) is 20.0 Å². The van der Waals surface area contributed by atoms with Crippen LogP contribution in [0.1, 0.15) is 23.9 Å². The molecule has 0 unspecified atom stereocenters. The highest BCUT2D eigenvalue weighted by Gasteiger charge is 2.20. The average Bonchev–Trinajstić information content (AvgIpc) is 3.31. The minimum absolute atomic E-state index is 0.0271. The summed E-state index contributed by atoms with van der Waals surface area (Å²) < 4.78 is 4.02. The van der Waals surface area contributed by atoms with E-state index in [0.29, 0.717) is 18.0 Å². The molecule has 1 amide bonds. The Hall–Kier alpha value is -3.05. The number of para-hydroxylation sites is 1. The van der Waals surface area contributed by atoms with Gasteiger partial charge in [-0.2, -0.15) is 0 Å². The summed E-state index contributed by atoms with van der Waals surface area (Å²) >= 11 is 6.02. The van der Waals surface area contributed by atoms with Gasteiger partial charge in [0, 0.05) is 49.1 Å². The summed E-state index contributed by atoms with van der Waals surface area (Å²) in [6, 6.07) is 17.4. The minimum atomic E-state index is -0.328. The van der Waals surface area contributed by atoms with Crippen LogP contribution in [0, 0.1) is 0 Å². The Labute approximate surface area is 168 Å². The number of aromatic nitrogens is 3. The topological polar surface area (TPSA) is 51.9 Å². The lowest BCUT2D eigenvalue weighted by Gasteiger charge is -2.19. The van der Waals surface area contributed by atoms with Crippen molar-refractivity contribution in [2.24, 2.45) is 7.05 Å². The highest BCUT2D eigenvalue weighted by atomic mass is 35.5. The van der Waals surface area contributed by atoms with E-state index in [1.165, 1.54) is 5.39 Å². The van der Waals surface area contributed by atoms with E-state index in [2.05, 4.69) is 33.1 Å². The smallest absolute Gasteiger partial charge is 0.222 e. The van der Waals surface area contributed by atoms with Crippen LogP contribution >= 0.6 is 11.6 Å². The second-order valence-corrected chi connectivity index (χ2v) is 7.20. The normalized spacial score (nSPS) is 12.2. The Morgan fingerprint density at radius 1 is 1.11 bits per heavy atom. The summed E-state index contributed by atoms with van der Waals surface area (Å²) in [5.74, 6) is 0.753. The lowest BCUT2D eigenvalue weighted by Crippen LogP contribution is -2.31. The van der Waals surface area contributed by atoms with Gasteiger partial charge < -0.3 is 14.5 Å². The molecule has 0 radical (unpaired) electrons. The zero-order chi connectivity index (χ0) is 19.5. The molecule has 1 atom stereocenters. The van der Waals surface area contributed by atoms with Crippen LogP contribution in [0.2, 0.25) is 5.02 Å². The Balaban J connectivity index is 1.51. The van der Waals surface area contributed by atoms with Gasteiger partial charge in [0.05, 0.1) is 0 Å². The summed E-state index contributed by atoms with van der Waals surface area (Å²) in [5.41, 5.74) is 2.08. The van der Waals surface area contributed by atoms with Gasteiger partial charge in [0.1, 0.15) is 11.9 Å². The van der Waals surface area contributed by atoms with E-state index >= 15 is 0 Å². The Morgan fingerprint density at radius 3 is 2.64 bits per heavy atom. The van der Waals surface area contributed by atoms with Crippen molar-refractivity contribution in [3.8, 4) is 0 Å². The highest BCUT2D eigenvalue weighted by Crippen LogP contribution is 2.22. The molecule has 2 aromatic carbocycles. The zero-order valence-corrected chi connectivity index (χ0v) is 16.3. The van der Waals surface area contributed by atoms with Gasteiger partial charge in [-0.25, -0.2) is 4.98 Å². The number of nitrogens with zero attached hydrogens (tertiary/aromatic N) is 3. The first kappa shape index (κ1) is 18.3. The third kappa shape index (κ3) is 3.80. The monoisotopic (exact) mass is 392 g/mol. The highest BCUT2D eigenvalue weighted by molar-refractivity contribution is 6.30. The molecule has 4 rings (SSSR count). The molecule has 1 N–H and O–H groups in total. The van der Waals surface area contributed by atoms with Crippen LogP contribution in [0.25, 0.3) is 10.9 Å². The molecule has 0 saturated heterocycles. The third-order valence-corrected chi connectivity index (χ3v) is 5.14. The molecule has 0 fully saturated rings. The molecule has 4 aromatic rings. The number of halogens is 1.